The molecule has 0 radical (unpaired) electrons. The van der Waals surface area contributed by atoms with E-state index in [4.69, 9.17) is 9.97 Å². The standard InChI is InChI=1S/C28H19N3/c1-3-11-20(12-4-1)27-26(19-29-28(30-27)21-13-5-2-6-14-21)31-24-17-9-7-15-22(24)23-16-8-10-18-25(23)31/h1-19H. The van der Waals surface area contributed by atoms with Gasteiger partial charge < -0.3 is 4.57 Å². The van der Waals surface area contributed by atoms with Crippen LogP contribution in [0, 0.1) is 0 Å². The van der Waals surface area contributed by atoms with Crippen molar-refractivity contribution in [1.29, 1.82) is 0 Å². The average Bonchev–Trinajstić information content (AvgIpc) is 3.19. The Kier molecular flexibility index (Phi) is 4.10. The number of nitrogens with zero attached hydrogens (tertiary/aromatic N) is 3. The van der Waals surface area contributed by atoms with Crippen molar-refractivity contribution in [2.45, 2.75) is 0 Å². The van der Waals surface area contributed by atoms with Gasteiger partial charge in [0.15, 0.2) is 5.82 Å². The minimum absolute atomic E-state index is 0.726. The first kappa shape index (κ1) is 17.6. The van der Waals surface area contributed by atoms with E-state index in [0.717, 1.165) is 39.4 Å². The van der Waals surface area contributed by atoms with E-state index in [9.17, 15) is 0 Å². The molecule has 0 saturated heterocycles. The minimum atomic E-state index is 0.726. The molecular formula is C28H19N3. The quantitative estimate of drug-likeness (QED) is 0.325. The van der Waals surface area contributed by atoms with Crippen LogP contribution in [-0.4, -0.2) is 14.5 Å². The molecule has 0 aliphatic heterocycles. The predicted octanol–water partition coefficient (Wildman–Crippen LogP) is 6.91. The second-order valence-electron chi connectivity index (χ2n) is 7.53. The van der Waals surface area contributed by atoms with Gasteiger partial charge in [-0.2, -0.15) is 0 Å². The van der Waals surface area contributed by atoms with Crippen molar-refractivity contribution in [3.8, 4) is 28.3 Å². The van der Waals surface area contributed by atoms with E-state index in [1.807, 2.05) is 42.6 Å². The fourth-order valence-electron chi connectivity index (χ4n) is 4.26. The highest BCUT2D eigenvalue weighted by Crippen LogP contribution is 2.35. The summed E-state index contributed by atoms with van der Waals surface area (Å²) in [6.07, 6.45) is 1.95. The number of aromatic nitrogens is 3. The summed E-state index contributed by atoms with van der Waals surface area (Å²) in [4.78, 5) is 9.82. The molecular weight excluding hydrogens is 378 g/mol. The topological polar surface area (TPSA) is 30.7 Å². The summed E-state index contributed by atoms with van der Waals surface area (Å²) >= 11 is 0. The van der Waals surface area contributed by atoms with E-state index >= 15 is 0 Å². The molecule has 0 unspecified atom stereocenters. The van der Waals surface area contributed by atoms with Gasteiger partial charge in [-0.05, 0) is 12.1 Å². The predicted molar refractivity (Wildman–Crippen MR) is 127 cm³/mol. The Morgan fingerprint density at radius 2 is 1.03 bits per heavy atom. The summed E-state index contributed by atoms with van der Waals surface area (Å²) in [5, 5.41) is 2.45. The lowest BCUT2D eigenvalue weighted by molar-refractivity contribution is 1.09. The molecule has 0 saturated carbocycles. The molecule has 146 valence electrons. The Hall–Kier alpha value is -4.24. The minimum Gasteiger partial charge on any atom is -0.306 e. The molecule has 2 heterocycles. The monoisotopic (exact) mass is 397 g/mol. The molecule has 0 bridgehead atoms. The van der Waals surface area contributed by atoms with Crippen LogP contribution in [0.25, 0.3) is 50.1 Å². The molecule has 2 aromatic heterocycles. The van der Waals surface area contributed by atoms with Crippen molar-refractivity contribution >= 4 is 21.8 Å². The maximum absolute atomic E-state index is 5.05. The van der Waals surface area contributed by atoms with Gasteiger partial charge in [-0.25, -0.2) is 9.97 Å². The Morgan fingerprint density at radius 3 is 1.65 bits per heavy atom. The Bertz CT molecular complexity index is 1460. The summed E-state index contributed by atoms with van der Waals surface area (Å²) in [6, 6.07) is 37.5. The molecule has 0 aliphatic carbocycles. The largest absolute Gasteiger partial charge is 0.306 e. The Morgan fingerprint density at radius 1 is 0.516 bits per heavy atom. The fourth-order valence-corrected chi connectivity index (χ4v) is 4.26. The van der Waals surface area contributed by atoms with E-state index < -0.39 is 0 Å². The highest BCUT2D eigenvalue weighted by molar-refractivity contribution is 6.09. The van der Waals surface area contributed by atoms with Gasteiger partial charge in [-0.1, -0.05) is 97.1 Å². The summed E-state index contributed by atoms with van der Waals surface area (Å²) in [6.45, 7) is 0. The third kappa shape index (κ3) is 2.90. The second-order valence-corrected chi connectivity index (χ2v) is 7.53. The van der Waals surface area contributed by atoms with Gasteiger partial charge in [0.05, 0.1) is 28.6 Å². The molecule has 3 nitrogen and oxygen atoms in total. The van der Waals surface area contributed by atoms with Gasteiger partial charge in [-0.3, -0.25) is 0 Å². The molecule has 6 aromatic rings. The molecule has 31 heavy (non-hydrogen) atoms. The number of hydrogen-bond donors (Lipinski definition) is 0. The zero-order valence-electron chi connectivity index (χ0n) is 16.8. The van der Waals surface area contributed by atoms with E-state index in [2.05, 4.69) is 77.4 Å². The fraction of sp³-hybridized carbons (Fsp3) is 0. The van der Waals surface area contributed by atoms with Gasteiger partial charge in [0.1, 0.15) is 0 Å². The lowest BCUT2D eigenvalue weighted by Gasteiger charge is -2.14. The number of rotatable bonds is 3. The van der Waals surface area contributed by atoms with Gasteiger partial charge >= 0.3 is 0 Å². The van der Waals surface area contributed by atoms with Crippen LogP contribution >= 0.6 is 0 Å². The van der Waals surface area contributed by atoms with Crippen LogP contribution in [-0.2, 0) is 0 Å². The molecule has 0 spiro atoms. The van der Waals surface area contributed by atoms with Crippen LogP contribution in [0.1, 0.15) is 0 Å². The van der Waals surface area contributed by atoms with Crippen molar-refractivity contribution in [1.82, 2.24) is 14.5 Å². The van der Waals surface area contributed by atoms with E-state index in [1.54, 1.807) is 0 Å². The van der Waals surface area contributed by atoms with Crippen LogP contribution < -0.4 is 0 Å². The van der Waals surface area contributed by atoms with Crippen molar-refractivity contribution < 1.29 is 0 Å². The first-order valence-corrected chi connectivity index (χ1v) is 10.4. The number of hydrogen-bond acceptors (Lipinski definition) is 2. The SMILES string of the molecule is c1ccc(-c2ncc(-n3c4ccccc4c4ccccc43)c(-c3ccccc3)n2)cc1. The van der Waals surface area contributed by atoms with Crippen LogP contribution in [0.3, 0.4) is 0 Å². The van der Waals surface area contributed by atoms with E-state index in [0.29, 0.717) is 0 Å². The van der Waals surface area contributed by atoms with Crippen molar-refractivity contribution in [3.63, 3.8) is 0 Å². The number of benzene rings is 4. The molecule has 0 fully saturated rings. The van der Waals surface area contributed by atoms with Gasteiger partial charge in [-0.15, -0.1) is 0 Å². The number of para-hydroxylation sites is 2. The highest BCUT2D eigenvalue weighted by Gasteiger charge is 2.17. The smallest absolute Gasteiger partial charge is 0.159 e. The summed E-state index contributed by atoms with van der Waals surface area (Å²) in [5.41, 5.74) is 6.27. The van der Waals surface area contributed by atoms with E-state index in [1.165, 1.54) is 10.8 Å². The third-order valence-electron chi connectivity index (χ3n) is 5.67. The van der Waals surface area contributed by atoms with Crippen molar-refractivity contribution in [3.05, 3.63) is 115 Å². The zero-order valence-corrected chi connectivity index (χ0v) is 16.8. The van der Waals surface area contributed by atoms with Gasteiger partial charge in [0.2, 0.25) is 0 Å². The summed E-state index contributed by atoms with van der Waals surface area (Å²) in [7, 11) is 0. The van der Waals surface area contributed by atoms with Crippen LogP contribution in [0.2, 0.25) is 0 Å². The second kappa shape index (κ2) is 7.22. The molecule has 6 rings (SSSR count). The highest BCUT2D eigenvalue weighted by atomic mass is 15.0. The van der Waals surface area contributed by atoms with Crippen LogP contribution in [0.15, 0.2) is 115 Å². The first-order chi connectivity index (χ1) is 15.4. The maximum Gasteiger partial charge on any atom is 0.159 e. The van der Waals surface area contributed by atoms with E-state index in [-0.39, 0.29) is 0 Å². The van der Waals surface area contributed by atoms with Crippen molar-refractivity contribution in [2.24, 2.45) is 0 Å². The Labute approximate surface area is 180 Å². The van der Waals surface area contributed by atoms with Crippen LogP contribution in [0.5, 0.6) is 0 Å². The molecule has 0 N–H and O–H groups in total. The average molecular weight is 397 g/mol. The lowest BCUT2D eigenvalue weighted by Crippen LogP contribution is -2.02. The molecule has 0 aliphatic rings. The molecule has 3 heteroatoms. The van der Waals surface area contributed by atoms with Crippen LogP contribution in [0.4, 0.5) is 0 Å². The maximum atomic E-state index is 5.05. The zero-order chi connectivity index (χ0) is 20.6. The summed E-state index contributed by atoms with van der Waals surface area (Å²) in [5.74, 6) is 0.726. The molecule has 0 amide bonds. The Balaban J connectivity index is 1.70. The van der Waals surface area contributed by atoms with Gasteiger partial charge in [0, 0.05) is 21.9 Å². The normalized spacial score (nSPS) is 11.2. The molecule has 4 aromatic carbocycles. The molecule has 0 atom stereocenters. The van der Waals surface area contributed by atoms with Crippen molar-refractivity contribution in [2.75, 3.05) is 0 Å². The first-order valence-electron chi connectivity index (χ1n) is 10.4. The van der Waals surface area contributed by atoms with Gasteiger partial charge in [0.25, 0.3) is 0 Å². The summed E-state index contributed by atoms with van der Waals surface area (Å²) < 4.78 is 2.28. The number of fused-ring (bicyclic) bond motifs is 3. The third-order valence-corrected chi connectivity index (χ3v) is 5.67. The lowest BCUT2D eigenvalue weighted by atomic mass is 10.1.